The van der Waals surface area contributed by atoms with Crippen molar-refractivity contribution in [3.05, 3.63) is 47.2 Å². The number of amides is 1. The molecule has 0 spiro atoms. The van der Waals surface area contributed by atoms with E-state index in [4.69, 9.17) is 4.52 Å². The molecule has 0 fully saturated rings. The third kappa shape index (κ3) is 2.40. The number of fused-ring (bicyclic) bond motifs is 1. The van der Waals surface area contributed by atoms with Crippen LogP contribution in [0.25, 0.3) is 10.9 Å². The van der Waals surface area contributed by atoms with Crippen LogP contribution in [0.4, 0.5) is 0 Å². The number of hydrogen-bond donors (Lipinski definition) is 2. The van der Waals surface area contributed by atoms with Gasteiger partial charge in [-0.1, -0.05) is 11.2 Å². The summed E-state index contributed by atoms with van der Waals surface area (Å²) < 4.78 is 4.77. The molecular weight excluding hydrogens is 256 g/mol. The van der Waals surface area contributed by atoms with Crippen LogP contribution in [0.1, 0.15) is 27.8 Å². The van der Waals surface area contributed by atoms with E-state index in [0.29, 0.717) is 12.4 Å². The molecule has 0 saturated heterocycles. The molecule has 1 aromatic carbocycles. The standard InChI is InChI=1S/C14H14N4O2/c1-8-5-11-6-10(3-4-12(11)16-8)7-15-14(19)13-17-9(2)20-18-13/h3-6,16H,7H2,1-2H3,(H,15,19). The Hall–Kier alpha value is -2.63. The Morgan fingerprint density at radius 3 is 2.95 bits per heavy atom. The van der Waals surface area contributed by atoms with E-state index in [9.17, 15) is 4.79 Å². The number of H-pyrrole nitrogens is 1. The number of benzene rings is 1. The van der Waals surface area contributed by atoms with E-state index >= 15 is 0 Å². The second-order valence-electron chi connectivity index (χ2n) is 4.69. The maximum atomic E-state index is 11.8. The number of aromatic nitrogens is 3. The summed E-state index contributed by atoms with van der Waals surface area (Å²) in [4.78, 5) is 18.9. The van der Waals surface area contributed by atoms with E-state index in [-0.39, 0.29) is 11.7 Å². The molecule has 0 saturated carbocycles. The van der Waals surface area contributed by atoms with Crippen LogP contribution in [0.5, 0.6) is 0 Å². The van der Waals surface area contributed by atoms with Crippen molar-refractivity contribution in [1.29, 1.82) is 0 Å². The second kappa shape index (κ2) is 4.80. The maximum absolute atomic E-state index is 11.8. The topological polar surface area (TPSA) is 83.8 Å². The van der Waals surface area contributed by atoms with E-state index in [1.54, 1.807) is 6.92 Å². The summed E-state index contributed by atoms with van der Waals surface area (Å²) >= 11 is 0. The van der Waals surface area contributed by atoms with Gasteiger partial charge in [0.05, 0.1) is 0 Å². The molecular formula is C14H14N4O2. The Morgan fingerprint density at radius 1 is 1.35 bits per heavy atom. The summed E-state index contributed by atoms with van der Waals surface area (Å²) in [7, 11) is 0. The number of carbonyl (C=O) groups excluding carboxylic acids is 1. The molecule has 0 unspecified atom stereocenters. The molecule has 0 atom stereocenters. The minimum Gasteiger partial charge on any atom is -0.359 e. The summed E-state index contributed by atoms with van der Waals surface area (Å²) in [6, 6.07) is 8.09. The van der Waals surface area contributed by atoms with Gasteiger partial charge in [-0.05, 0) is 36.1 Å². The molecule has 6 heteroatoms. The zero-order chi connectivity index (χ0) is 14.1. The lowest BCUT2D eigenvalue weighted by Crippen LogP contribution is -2.23. The van der Waals surface area contributed by atoms with Crippen LogP contribution in [-0.4, -0.2) is 21.0 Å². The number of rotatable bonds is 3. The molecule has 3 rings (SSSR count). The van der Waals surface area contributed by atoms with Gasteiger partial charge in [-0.3, -0.25) is 4.79 Å². The van der Waals surface area contributed by atoms with Crippen LogP contribution in [0, 0.1) is 13.8 Å². The third-order valence-corrected chi connectivity index (χ3v) is 3.00. The van der Waals surface area contributed by atoms with Crippen molar-refractivity contribution < 1.29 is 9.32 Å². The monoisotopic (exact) mass is 270 g/mol. The van der Waals surface area contributed by atoms with E-state index in [0.717, 1.165) is 22.2 Å². The molecule has 0 aliphatic rings. The summed E-state index contributed by atoms with van der Waals surface area (Å²) in [5.41, 5.74) is 3.22. The van der Waals surface area contributed by atoms with Gasteiger partial charge in [0.25, 0.3) is 11.7 Å². The summed E-state index contributed by atoms with van der Waals surface area (Å²) in [5, 5.41) is 7.47. The fourth-order valence-corrected chi connectivity index (χ4v) is 2.09. The van der Waals surface area contributed by atoms with Crippen molar-refractivity contribution in [2.75, 3.05) is 0 Å². The predicted octanol–water partition coefficient (Wildman–Crippen LogP) is 2.10. The third-order valence-electron chi connectivity index (χ3n) is 3.00. The van der Waals surface area contributed by atoms with Crippen LogP contribution in [0.15, 0.2) is 28.8 Å². The summed E-state index contributed by atoms with van der Waals surface area (Å²) in [6.45, 7) is 4.08. The van der Waals surface area contributed by atoms with E-state index in [2.05, 4.69) is 26.5 Å². The van der Waals surface area contributed by atoms with Crippen LogP contribution < -0.4 is 5.32 Å². The SMILES string of the molecule is Cc1cc2cc(CNC(=O)c3noc(C)n3)ccc2[nH]1. The lowest BCUT2D eigenvalue weighted by atomic mass is 10.1. The lowest BCUT2D eigenvalue weighted by molar-refractivity contribution is 0.0937. The Labute approximate surface area is 115 Å². The van der Waals surface area contributed by atoms with Crippen molar-refractivity contribution in [2.24, 2.45) is 0 Å². The van der Waals surface area contributed by atoms with E-state index < -0.39 is 0 Å². The average molecular weight is 270 g/mol. The zero-order valence-electron chi connectivity index (χ0n) is 11.2. The minimum absolute atomic E-state index is 0.0565. The quantitative estimate of drug-likeness (QED) is 0.763. The Bertz CT molecular complexity index is 772. The van der Waals surface area contributed by atoms with Gasteiger partial charge in [0.15, 0.2) is 0 Å². The lowest BCUT2D eigenvalue weighted by Gasteiger charge is -2.02. The van der Waals surface area contributed by atoms with Gasteiger partial charge in [0.2, 0.25) is 5.89 Å². The van der Waals surface area contributed by atoms with Gasteiger partial charge in [0.1, 0.15) is 0 Å². The smallest absolute Gasteiger partial charge is 0.292 e. The highest BCUT2D eigenvalue weighted by Gasteiger charge is 2.12. The Morgan fingerprint density at radius 2 is 2.20 bits per heavy atom. The van der Waals surface area contributed by atoms with Crippen molar-refractivity contribution in [3.8, 4) is 0 Å². The summed E-state index contributed by atoms with van der Waals surface area (Å²) in [5.74, 6) is 0.0904. The highest BCUT2D eigenvalue weighted by Crippen LogP contribution is 2.16. The maximum Gasteiger partial charge on any atom is 0.292 e. The van der Waals surface area contributed by atoms with Crippen molar-refractivity contribution in [1.82, 2.24) is 20.4 Å². The highest BCUT2D eigenvalue weighted by atomic mass is 16.5. The van der Waals surface area contributed by atoms with Crippen LogP contribution in [0.3, 0.4) is 0 Å². The number of nitrogens with zero attached hydrogens (tertiary/aromatic N) is 2. The van der Waals surface area contributed by atoms with Crippen molar-refractivity contribution in [2.45, 2.75) is 20.4 Å². The van der Waals surface area contributed by atoms with Gasteiger partial charge in [-0.15, -0.1) is 0 Å². The van der Waals surface area contributed by atoms with Gasteiger partial charge < -0.3 is 14.8 Å². The molecule has 0 aliphatic heterocycles. The molecule has 1 amide bonds. The van der Waals surface area contributed by atoms with Gasteiger partial charge in [-0.25, -0.2) is 0 Å². The first-order chi connectivity index (χ1) is 9.61. The van der Waals surface area contributed by atoms with Gasteiger partial charge >= 0.3 is 0 Å². The normalized spacial score (nSPS) is 10.9. The number of nitrogens with one attached hydrogen (secondary N) is 2. The first-order valence-corrected chi connectivity index (χ1v) is 6.28. The van der Waals surface area contributed by atoms with Crippen LogP contribution >= 0.6 is 0 Å². The first-order valence-electron chi connectivity index (χ1n) is 6.28. The molecule has 0 radical (unpaired) electrons. The Kier molecular flexibility index (Phi) is 2.98. The summed E-state index contributed by atoms with van der Waals surface area (Å²) in [6.07, 6.45) is 0. The van der Waals surface area contributed by atoms with Gasteiger partial charge in [0, 0.05) is 24.7 Å². The van der Waals surface area contributed by atoms with E-state index in [1.807, 2.05) is 25.1 Å². The highest BCUT2D eigenvalue weighted by molar-refractivity contribution is 5.90. The number of hydrogen-bond acceptors (Lipinski definition) is 4. The average Bonchev–Trinajstić information content (AvgIpc) is 3.00. The predicted molar refractivity (Wildman–Crippen MR) is 73.2 cm³/mol. The molecule has 2 heterocycles. The van der Waals surface area contributed by atoms with Crippen molar-refractivity contribution in [3.63, 3.8) is 0 Å². The molecule has 0 aliphatic carbocycles. The number of aromatic amines is 1. The fraction of sp³-hybridized carbons (Fsp3) is 0.214. The van der Waals surface area contributed by atoms with Crippen LogP contribution in [-0.2, 0) is 6.54 Å². The molecule has 6 nitrogen and oxygen atoms in total. The molecule has 20 heavy (non-hydrogen) atoms. The Balaban J connectivity index is 1.71. The number of carbonyl (C=O) groups is 1. The molecule has 3 aromatic rings. The first kappa shape index (κ1) is 12.4. The minimum atomic E-state index is -0.341. The largest absolute Gasteiger partial charge is 0.359 e. The molecule has 2 N–H and O–H groups in total. The second-order valence-corrected chi connectivity index (χ2v) is 4.69. The molecule has 2 aromatic heterocycles. The van der Waals surface area contributed by atoms with Crippen LogP contribution in [0.2, 0.25) is 0 Å². The molecule has 102 valence electrons. The van der Waals surface area contributed by atoms with Crippen molar-refractivity contribution >= 4 is 16.8 Å². The van der Waals surface area contributed by atoms with E-state index in [1.165, 1.54) is 0 Å². The number of aryl methyl sites for hydroxylation is 2. The fourth-order valence-electron chi connectivity index (χ4n) is 2.09. The molecule has 0 bridgehead atoms. The zero-order valence-corrected chi connectivity index (χ0v) is 11.2. The van der Waals surface area contributed by atoms with Gasteiger partial charge in [-0.2, -0.15) is 4.98 Å².